The Bertz CT molecular complexity index is 388. The van der Waals surface area contributed by atoms with E-state index in [1.165, 1.54) is 12.0 Å². The van der Waals surface area contributed by atoms with Gasteiger partial charge in [-0.25, -0.2) is 9.97 Å². The van der Waals surface area contributed by atoms with Crippen LogP contribution in [0.25, 0.3) is 0 Å². The summed E-state index contributed by atoms with van der Waals surface area (Å²) in [6, 6.07) is 0. The van der Waals surface area contributed by atoms with Gasteiger partial charge < -0.3 is 10.2 Å². The second kappa shape index (κ2) is 7.31. The van der Waals surface area contributed by atoms with Crippen LogP contribution in [0.1, 0.15) is 52.5 Å². The molecule has 0 fully saturated rings. The molecule has 0 aromatic carbocycles. The largest absolute Gasteiger partial charge is 0.370 e. The first-order valence-corrected chi connectivity index (χ1v) is 7.27. The van der Waals surface area contributed by atoms with Gasteiger partial charge in [0.25, 0.3) is 0 Å². The molecular weight excluding hydrogens is 236 g/mol. The van der Waals surface area contributed by atoms with E-state index in [0.717, 1.165) is 24.7 Å². The van der Waals surface area contributed by atoms with Crippen LogP contribution in [0.2, 0.25) is 0 Å². The molecule has 0 radical (unpaired) electrons. The van der Waals surface area contributed by atoms with E-state index in [0.29, 0.717) is 11.8 Å². The molecule has 0 amide bonds. The van der Waals surface area contributed by atoms with Crippen LogP contribution in [-0.4, -0.2) is 30.1 Å². The maximum absolute atomic E-state index is 4.50. The Balaban J connectivity index is 3.01. The van der Waals surface area contributed by atoms with Crippen LogP contribution < -0.4 is 10.2 Å². The van der Waals surface area contributed by atoms with Gasteiger partial charge in [-0.05, 0) is 25.2 Å². The van der Waals surface area contributed by atoms with E-state index in [2.05, 4.69) is 61.9 Å². The summed E-state index contributed by atoms with van der Waals surface area (Å²) in [5.74, 6) is 3.15. The third-order valence-corrected chi connectivity index (χ3v) is 3.19. The standard InChI is InChI=1S/C15H28N4/c1-7-16-14-13(12(4)5)15(18-10-17-14)19(6)9-8-11(2)3/h10-12H,7-9H2,1-6H3,(H,16,17,18). The fraction of sp³-hybridized carbons (Fsp3) is 0.733. The molecule has 1 rings (SSSR count). The van der Waals surface area contributed by atoms with Gasteiger partial charge in [0, 0.05) is 25.7 Å². The van der Waals surface area contributed by atoms with Crippen molar-refractivity contribution in [3.63, 3.8) is 0 Å². The van der Waals surface area contributed by atoms with Crippen LogP contribution in [0.3, 0.4) is 0 Å². The Kier molecular flexibility index (Phi) is 6.06. The van der Waals surface area contributed by atoms with Crippen LogP contribution in [-0.2, 0) is 0 Å². The summed E-state index contributed by atoms with van der Waals surface area (Å²) >= 11 is 0. The number of nitrogens with one attached hydrogen (secondary N) is 1. The van der Waals surface area contributed by atoms with E-state index in [9.17, 15) is 0 Å². The lowest BCUT2D eigenvalue weighted by atomic mass is 10.0. The molecule has 0 bridgehead atoms. The maximum atomic E-state index is 4.50. The lowest BCUT2D eigenvalue weighted by Gasteiger charge is -2.25. The zero-order chi connectivity index (χ0) is 14.4. The van der Waals surface area contributed by atoms with Crippen molar-refractivity contribution in [3.8, 4) is 0 Å². The highest BCUT2D eigenvalue weighted by Gasteiger charge is 2.17. The summed E-state index contributed by atoms with van der Waals surface area (Å²) < 4.78 is 0. The monoisotopic (exact) mass is 264 g/mol. The van der Waals surface area contributed by atoms with Gasteiger partial charge in [0.2, 0.25) is 0 Å². The Morgan fingerprint density at radius 1 is 1.21 bits per heavy atom. The quantitative estimate of drug-likeness (QED) is 0.818. The van der Waals surface area contributed by atoms with E-state index in [1.54, 1.807) is 6.33 Å². The number of hydrogen-bond acceptors (Lipinski definition) is 4. The number of rotatable bonds is 7. The molecule has 19 heavy (non-hydrogen) atoms. The number of aromatic nitrogens is 2. The summed E-state index contributed by atoms with van der Waals surface area (Å²) in [7, 11) is 2.12. The van der Waals surface area contributed by atoms with Gasteiger partial charge in [-0.1, -0.05) is 27.7 Å². The summed E-state index contributed by atoms with van der Waals surface area (Å²) in [4.78, 5) is 11.1. The Labute approximate surface area is 117 Å². The van der Waals surface area contributed by atoms with Gasteiger partial charge in [0.15, 0.2) is 0 Å². The van der Waals surface area contributed by atoms with Crippen molar-refractivity contribution in [1.29, 1.82) is 0 Å². The fourth-order valence-corrected chi connectivity index (χ4v) is 2.09. The van der Waals surface area contributed by atoms with Gasteiger partial charge in [0.05, 0.1) is 0 Å². The van der Waals surface area contributed by atoms with E-state index >= 15 is 0 Å². The molecule has 1 N–H and O–H groups in total. The zero-order valence-corrected chi connectivity index (χ0v) is 13.2. The van der Waals surface area contributed by atoms with Crippen LogP contribution in [0.15, 0.2) is 6.33 Å². The summed E-state index contributed by atoms with van der Waals surface area (Å²) in [6.45, 7) is 12.9. The van der Waals surface area contributed by atoms with Crippen LogP contribution in [0.4, 0.5) is 11.6 Å². The Morgan fingerprint density at radius 2 is 1.89 bits per heavy atom. The van der Waals surface area contributed by atoms with Crippen molar-refractivity contribution in [1.82, 2.24) is 9.97 Å². The average molecular weight is 264 g/mol. The molecule has 0 saturated heterocycles. The third kappa shape index (κ3) is 4.37. The van der Waals surface area contributed by atoms with Gasteiger partial charge >= 0.3 is 0 Å². The van der Waals surface area contributed by atoms with Crippen LogP contribution >= 0.6 is 0 Å². The van der Waals surface area contributed by atoms with Crippen molar-refractivity contribution in [3.05, 3.63) is 11.9 Å². The van der Waals surface area contributed by atoms with Gasteiger partial charge in [0.1, 0.15) is 18.0 Å². The minimum atomic E-state index is 0.409. The molecule has 108 valence electrons. The molecule has 0 spiro atoms. The molecular formula is C15H28N4. The highest BCUT2D eigenvalue weighted by atomic mass is 15.2. The lowest BCUT2D eigenvalue weighted by molar-refractivity contribution is 0.582. The number of hydrogen-bond donors (Lipinski definition) is 1. The van der Waals surface area contributed by atoms with Gasteiger partial charge in [-0.3, -0.25) is 0 Å². The molecule has 4 nitrogen and oxygen atoms in total. The molecule has 0 aliphatic rings. The summed E-state index contributed by atoms with van der Waals surface area (Å²) in [5, 5.41) is 3.34. The fourth-order valence-electron chi connectivity index (χ4n) is 2.09. The smallest absolute Gasteiger partial charge is 0.137 e. The van der Waals surface area contributed by atoms with E-state index < -0.39 is 0 Å². The number of nitrogens with zero attached hydrogens (tertiary/aromatic N) is 3. The highest BCUT2D eigenvalue weighted by Crippen LogP contribution is 2.30. The normalized spacial score (nSPS) is 11.2. The second-order valence-corrected chi connectivity index (χ2v) is 5.75. The van der Waals surface area contributed by atoms with Crippen molar-refractivity contribution in [2.24, 2.45) is 5.92 Å². The molecule has 0 unspecified atom stereocenters. The molecule has 0 atom stereocenters. The van der Waals surface area contributed by atoms with Crippen LogP contribution in [0, 0.1) is 5.92 Å². The van der Waals surface area contributed by atoms with Crippen molar-refractivity contribution in [2.75, 3.05) is 30.4 Å². The first-order valence-electron chi connectivity index (χ1n) is 7.27. The van der Waals surface area contributed by atoms with Crippen molar-refractivity contribution >= 4 is 11.6 Å². The van der Waals surface area contributed by atoms with E-state index in [1.807, 2.05) is 0 Å². The highest BCUT2D eigenvalue weighted by molar-refractivity contribution is 5.60. The topological polar surface area (TPSA) is 41.1 Å². The molecule has 0 aliphatic heterocycles. The van der Waals surface area contributed by atoms with E-state index in [4.69, 9.17) is 0 Å². The Morgan fingerprint density at radius 3 is 2.42 bits per heavy atom. The molecule has 4 heteroatoms. The third-order valence-electron chi connectivity index (χ3n) is 3.19. The van der Waals surface area contributed by atoms with Crippen LogP contribution in [0.5, 0.6) is 0 Å². The van der Waals surface area contributed by atoms with Gasteiger partial charge in [-0.15, -0.1) is 0 Å². The molecule has 0 saturated carbocycles. The van der Waals surface area contributed by atoms with E-state index in [-0.39, 0.29) is 0 Å². The predicted octanol–water partition coefficient (Wildman–Crippen LogP) is 3.51. The minimum absolute atomic E-state index is 0.409. The van der Waals surface area contributed by atoms with Gasteiger partial charge in [-0.2, -0.15) is 0 Å². The summed E-state index contributed by atoms with van der Waals surface area (Å²) in [5.41, 5.74) is 1.22. The number of anilines is 2. The average Bonchev–Trinajstić information content (AvgIpc) is 2.35. The molecule has 1 aromatic rings. The molecule has 0 aliphatic carbocycles. The first kappa shape index (κ1) is 15.7. The molecule has 1 heterocycles. The molecule has 1 aromatic heterocycles. The first-order chi connectivity index (χ1) is 8.97. The predicted molar refractivity (Wildman–Crippen MR) is 83.0 cm³/mol. The van der Waals surface area contributed by atoms with Crippen molar-refractivity contribution in [2.45, 2.75) is 47.0 Å². The summed E-state index contributed by atoms with van der Waals surface area (Å²) in [6.07, 6.45) is 2.83. The minimum Gasteiger partial charge on any atom is -0.370 e. The zero-order valence-electron chi connectivity index (χ0n) is 13.2. The lowest BCUT2D eigenvalue weighted by Crippen LogP contribution is -2.23. The van der Waals surface area contributed by atoms with Crippen molar-refractivity contribution < 1.29 is 0 Å². The Hall–Kier alpha value is -1.32. The second-order valence-electron chi connectivity index (χ2n) is 5.75. The maximum Gasteiger partial charge on any atom is 0.137 e. The SMILES string of the molecule is CCNc1ncnc(N(C)CCC(C)C)c1C(C)C.